The minimum Gasteiger partial charge on any atom is -0.463 e. The highest BCUT2D eigenvalue weighted by molar-refractivity contribution is 5.74. The summed E-state index contributed by atoms with van der Waals surface area (Å²) in [6.07, 6.45) is 7.34. The summed E-state index contributed by atoms with van der Waals surface area (Å²) < 4.78 is 10.5. The Bertz CT molecular complexity index is 290. The molecule has 0 heterocycles. The van der Waals surface area contributed by atoms with Crippen LogP contribution in [0, 0.1) is 17.8 Å². The standard InChI is InChI=1S/C13H21NO3/c14-4-1-5-16-6-7-17-13(15)12-9-10-2-3-11(12)8-10/h2-3,10-12H,1,4-9,14H2. The van der Waals surface area contributed by atoms with Crippen molar-refractivity contribution in [3.63, 3.8) is 0 Å². The summed E-state index contributed by atoms with van der Waals surface area (Å²) in [5, 5.41) is 0. The van der Waals surface area contributed by atoms with Crippen molar-refractivity contribution in [2.75, 3.05) is 26.4 Å². The van der Waals surface area contributed by atoms with Crippen LogP contribution in [0.3, 0.4) is 0 Å². The van der Waals surface area contributed by atoms with Crippen molar-refractivity contribution in [1.29, 1.82) is 0 Å². The van der Waals surface area contributed by atoms with Crippen molar-refractivity contribution in [2.24, 2.45) is 23.5 Å². The van der Waals surface area contributed by atoms with Crippen molar-refractivity contribution in [1.82, 2.24) is 0 Å². The molecule has 0 aromatic rings. The maximum Gasteiger partial charge on any atom is 0.309 e. The van der Waals surface area contributed by atoms with Gasteiger partial charge in [0.05, 0.1) is 12.5 Å². The molecule has 0 spiro atoms. The predicted molar refractivity (Wildman–Crippen MR) is 64.3 cm³/mol. The van der Waals surface area contributed by atoms with E-state index in [-0.39, 0.29) is 11.9 Å². The van der Waals surface area contributed by atoms with E-state index in [2.05, 4.69) is 12.2 Å². The number of allylic oxidation sites excluding steroid dienone is 2. The van der Waals surface area contributed by atoms with Gasteiger partial charge in [-0.3, -0.25) is 4.79 Å². The first-order valence-corrected chi connectivity index (χ1v) is 6.44. The number of hydrogen-bond donors (Lipinski definition) is 1. The summed E-state index contributed by atoms with van der Waals surface area (Å²) in [4.78, 5) is 11.8. The Morgan fingerprint density at radius 2 is 2.12 bits per heavy atom. The van der Waals surface area contributed by atoms with Gasteiger partial charge < -0.3 is 15.2 Å². The molecular weight excluding hydrogens is 218 g/mol. The molecule has 4 nitrogen and oxygen atoms in total. The minimum atomic E-state index is -0.0516. The Kier molecular flexibility index (Phi) is 4.57. The van der Waals surface area contributed by atoms with E-state index < -0.39 is 0 Å². The average Bonchev–Trinajstić information content (AvgIpc) is 2.95. The number of rotatable bonds is 7. The highest BCUT2D eigenvalue weighted by Gasteiger charge is 2.40. The van der Waals surface area contributed by atoms with Crippen LogP contribution in [0.1, 0.15) is 19.3 Å². The van der Waals surface area contributed by atoms with Gasteiger partial charge in [-0.05, 0) is 37.6 Å². The summed E-state index contributed by atoms with van der Waals surface area (Å²) in [7, 11) is 0. The highest BCUT2D eigenvalue weighted by atomic mass is 16.6. The van der Waals surface area contributed by atoms with Crippen LogP contribution < -0.4 is 5.73 Å². The number of fused-ring (bicyclic) bond motifs is 2. The van der Waals surface area contributed by atoms with Crippen LogP contribution in [0.2, 0.25) is 0 Å². The lowest BCUT2D eigenvalue weighted by molar-refractivity contribution is -0.151. The van der Waals surface area contributed by atoms with Crippen LogP contribution in [0.25, 0.3) is 0 Å². The summed E-state index contributed by atoms with van der Waals surface area (Å²) in [6.45, 7) is 2.12. The third-order valence-electron chi connectivity index (χ3n) is 3.55. The molecule has 1 fully saturated rings. The van der Waals surface area contributed by atoms with Crippen molar-refractivity contribution < 1.29 is 14.3 Å². The fourth-order valence-corrected chi connectivity index (χ4v) is 2.65. The Hall–Kier alpha value is -0.870. The SMILES string of the molecule is NCCCOCCOC(=O)C1CC2C=CC1C2. The second-order valence-electron chi connectivity index (χ2n) is 4.81. The van der Waals surface area contributed by atoms with E-state index in [4.69, 9.17) is 15.2 Å². The van der Waals surface area contributed by atoms with Crippen LogP contribution in [-0.4, -0.2) is 32.3 Å². The summed E-state index contributed by atoms with van der Waals surface area (Å²) in [6, 6.07) is 0. The van der Waals surface area contributed by atoms with Gasteiger partial charge in [0, 0.05) is 6.61 Å². The molecule has 0 saturated heterocycles. The van der Waals surface area contributed by atoms with Gasteiger partial charge in [-0.25, -0.2) is 0 Å². The zero-order valence-corrected chi connectivity index (χ0v) is 10.1. The average molecular weight is 239 g/mol. The number of hydrogen-bond acceptors (Lipinski definition) is 4. The predicted octanol–water partition coefficient (Wildman–Crippen LogP) is 1.11. The Labute approximate surface area is 102 Å². The molecule has 0 radical (unpaired) electrons. The van der Waals surface area contributed by atoms with Crippen molar-refractivity contribution in [2.45, 2.75) is 19.3 Å². The second-order valence-corrected chi connectivity index (χ2v) is 4.81. The van der Waals surface area contributed by atoms with Gasteiger partial charge in [-0.1, -0.05) is 12.2 Å². The lowest BCUT2D eigenvalue weighted by Gasteiger charge is -2.16. The third kappa shape index (κ3) is 3.30. The van der Waals surface area contributed by atoms with Crippen molar-refractivity contribution in [3.8, 4) is 0 Å². The minimum absolute atomic E-state index is 0.0516. The molecule has 2 aliphatic carbocycles. The third-order valence-corrected chi connectivity index (χ3v) is 3.55. The molecule has 2 aliphatic rings. The lowest BCUT2D eigenvalue weighted by atomic mass is 9.94. The van der Waals surface area contributed by atoms with E-state index in [1.54, 1.807) is 0 Å². The number of ether oxygens (including phenoxy) is 2. The van der Waals surface area contributed by atoms with Gasteiger partial charge in [0.25, 0.3) is 0 Å². The fourth-order valence-electron chi connectivity index (χ4n) is 2.65. The smallest absolute Gasteiger partial charge is 0.309 e. The maximum absolute atomic E-state index is 11.8. The first-order valence-electron chi connectivity index (χ1n) is 6.44. The molecular formula is C13H21NO3. The maximum atomic E-state index is 11.8. The van der Waals surface area contributed by atoms with E-state index in [1.807, 2.05) is 0 Å². The fraction of sp³-hybridized carbons (Fsp3) is 0.769. The molecule has 0 aromatic heterocycles. The van der Waals surface area contributed by atoms with Gasteiger partial charge in [0.1, 0.15) is 6.61 Å². The molecule has 17 heavy (non-hydrogen) atoms. The van der Waals surface area contributed by atoms with E-state index in [9.17, 15) is 4.79 Å². The zero-order valence-electron chi connectivity index (χ0n) is 10.1. The van der Waals surface area contributed by atoms with Crippen LogP contribution in [0.5, 0.6) is 0 Å². The molecule has 3 atom stereocenters. The van der Waals surface area contributed by atoms with Crippen LogP contribution >= 0.6 is 0 Å². The number of carbonyl (C=O) groups is 1. The molecule has 2 N–H and O–H groups in total. The molecule has 96 valence electrons. The molecule has 2 bridgehead atoms. The molecule has 4 heteroatoms. The molecule has 3 unspecified atom stereocenters. The normalized spacial score (nSPS) is 29.8. The first kappa shape index (κ1) is 12.6. The van der Waals surface area contributed by atoms with Gasteiger partial charge in [-0.15, -0.1) is 0 Å². The van der Waals surface area contributed by atoms with Gasteiger partial charge in [0.2, 0.25) is 0 Å². The number of esters is 1. The van der Waals surface area contributed by atoms with Gasteiger partial charge in [0.15, 0.2) is 0 Å². The Morgan fingerprint density at radius 1 is 1.24 bits per heavy atom. The highest BCUT2D eigenvalue weighted by Crippen LogP contribution is 2.43. The van der Waals surface area contributed by atoms with Gasteiger partial charge in [-0.2, -0.15) is 0 Å². The lowest BCUT2D eigenvalue weighted by Crippen LogP contribution is -2.23. The molecule has 0 aromatic carbocycles. The summed E-state index contributed by atoms with van der Waals surface area (Å²) in [5.41, 5.74) is 5.34. The monoisotopic (exact) mass is 239 g/mol. The largest absolute Gasteiger partial charge is 0.463 e. The van der Waals surface area contributed by atoms with Crippen LogP contribution in [-0.2, 0) is 14.3 Å². The Balaban J connectivity index is 1.57. The van der Waals surface area contributed by atoms with Crippen molar-refractivity contribution >= 4 is 5.97 Å². The molecule has 0 aliphatic heterocycles. The van der Waals surface area contributed by atoms with Crippen molar-refractivity contribution in [3.05, 3.63) is 12.2 Å². The van der Waals surface area contributed by atoms with Gasteiger partial charge >= 0.3 is 5.97 Å². The van der Waals surface area contributed by atoms with E-state index >= 15 is 0 Å². The Morgan fingerprint density at radius 3 is 2.76 bits per heavy atom. The van der Waals surface area contributed by atoms with Crippen LogP contribution in [0.15, 0.2) is 12.2 Å². The number of nitrogens with two attached hydrogens (primary N) is 1. The summed E-state index contributed by atoms with van der Waals surface area (Å²) >= 11 is 0. The summed E-state index contributed by atoms with van der Waals surface area (Å²) in [5.74, 6) is 1.07. The topological polar surface area (TPSA) is 61.6 Å². The van der Waals surface area contributed by atoms with E-state index in [0.29, 0.717) is 38.2 Å². The van der Waals surface area contributed by atoms with E-state index in [1.165, 1.54) is 0 Å². The first-order chi connectivity index (χ1) is 8.31. The quantitative estimate of drug-likeness (QED) is 0.410. The molecule has 2 rings (SSSR count). The second kappa shape index (κ2) is 6.17. The number of carbonyl (C=O) groups excluding carboxylic acids is 1. The van der Waals surface area contributed by atoms with Crippen LogP contribution in [0.4, 0.5) is 0 Å². The molecule has 0 amide bonds. The molecule has 1 saturated carbocycles. The van der Waals surface area contributed by atoms with E-state index in [0.717, 1.165) is 19.3 Å². The zero-order chi connectivity index (χ0) is 12.1.